The largest absolute Gasteiger partial charge is 0.330 e. The zero-order valence-corrected chi connectivity index (χ0v) is 9.14. The van der Waals surface area contributed by atoms with Gasteiger partial charge in [-0.3, -0.25) is 0 Å². The summed E-state index contributed by atoms with van der Waals surface area (Å²) in [5.41, 5.74) is 7.73. The lowest BCUT2D eigenvalue weighted by Crippen LogP contribution is -2.26. The van der Waals surface area contributed by atoms with E-state index >= 15 is 0 Å². The highest BCUT2D eigenvalue weighted by molar-refractivity contribution is 5.38. The highest BCUT2D eigenvalue weighted by Gasteiger charge is 2.18. The monoisotopic (exact) mass is 204 g/mol. The minimum atomic E-state index is 0.0952. The molecule has 0 unspecified atom stereocenters. The van der Waals surface area contributed by atoms with Crippen LogP contribution in [0.25, 0.3) is 5.65 Å². The van der Waals surface area contributed by atoms with Gasteiger partial charge in [-0.25, -0.2) is 9.50 Å². The van der Waals surface area contributed by atoms with Crippen LogP contribution in [0.1, 0.15) is 19.5 Å². The molecule has 0 spiro atoms. The van der Waals surface area contributed by atoms with E-state index in [2.05, 4.69) is 23.9 Å². The van der Waals surface area contributed by atoms with Crippen LogP contribution < -0.4 is 5.73 Å². The molecule has 2 heterocycles. The first-order valence-corrected chi connectivity index (χ1v) is 5.10. The number of aromatic nitrogens is 3. The average Bonchev–Trinajstić information content (AvgIpc) is 2.58. The Hall–Kier alpha value is -1.42. The summed E-state index contributed by atoms with van der Waals surface area (Å²) in [6.07, 6.45) is 4.56. The maximum Gasteiger partial charge on any atom is 0.155 e. The summed E-state index contributed by atoms with van der Waals surface area (Å²) in [7, 11) is 0. The normalized spacial score (nSPS) is 12.2. The van der Waals surface area contributed by atoms with Crippen molar-refractivity contribution >= 4 is 5.65 Å². The number of rotatable bonds is 3. The Morgan fingerprint density at radius 1 is 1.47 bits per heavy atom. The molecular formula is C11H16N4. The van der Waals surface area contributed by atoms with Crippen molar-refractivity contribution in [3.63, 3.8) is 0 Å². The van der Waals surface area contributed by atoms with Crippen LogP contribution in [-0.4, -0.2) is 21.1 Å². The Labute approximate surface area is 89.1 Å². The highest BCUT2D eigenvalue weighted by atomic mass is 15.2. The Morgan fingerprint density at radius 3 is 2.93 bits per heavy atom. The Balaban J connectivity index is 2.30. The van der Waals surface area contributed by atoms with Gasteiger partial charge in [0, 0.05) is 18.5 Å². The van der Waals surface area contributed by atoms with Crippen LogP contribution in [0, 0.1) is 5.41 Å². The van der Waals surface area contributed by atoms with Gasteiger partial charge in [0.05, 0.1) is 5.69 Å². The predicted octanol–water partition coefficient (Wildman–Crippen LogP) is 1.26. The third kappa shape index (κ3) is 2.15. The number of nitrogens with two attached hydrogens (primary N) is 1. The lowest BCUT2D eigenvalue weighted by Gasteiger charge is -2.20. The number of nitrogens with zero attached hydrogens (tertiary/aromatic N) is 3. The van der Waals surface area contributed by atoms with Gasteiger partial charge in [-0.15, -0.1) is 0 Å². The van der Waals surface area contributed by atoms with E-state index < -0.39 is 0 Å². The standard InChI is InChI=1S/C11H16N4/c1-11(2,8-12)7-9-6-10-13-4-3-5-15(10)14-9/h3-6H,7-8,12H2,1-2H3. The van der Waals surface area contributed by atoms with Crippen LogP contribution >= 0.6 is 0 Å². The molecule has 0 amide bonds. The van der Waals surface area contributed by atoms with Gasteiger partial charge in [0.1, 0.15) is 0 Å². The molecule has 0 bridgehead atoms. The molecule has 15 heavy (non-hydrogen) atoms. The minimum absolute atomic E-state index is 0.0952. The summed E-state index contributed by atoms with van der Waals surface area (Å²) in [6, 6.07) is 3.88. The van der Waals surface area contributed by atoms with Crippen LogP contribution in [0.5, 0.6) is 0 Å². The molecule has 2 aromatic rings. The van der Waals surface area contributed by atoms with Crippen LogP contribution in [0.2, 0.25) is 0 Å². The lowest BCUT2D eigenvalue weighted by atomic mass is 9.88. The zero-order chi connectivity index (χ0) is 10.9. The van der Waals surface area contributed by atoms with E-state index in [1.54, 1.807) is 10.7 Å². The van der Waals surface area contributed by atoms with E-state index in [0.29, 0.717) is 6.54 Å². The first-order valence-electron chi connectivity index (χ1n) is 5.10. The van der Waals surface area contributed by atoms with E-state index in [1.807, 2.05) is 18.3 Å². The molecule has 0 saturated heterocycles. The van der Waals surface area contributed by atoms with E-state index in [4.69, 9.17) is 5.73 Å². The average molecular weight is 204 g/mol. The third-order valence-corrected chi connectivity index (χ3v) is 2.50. The Morgan fingerprint density at radius 2 is 2.27 bits per heavy atom. The summed E-state index contributed by atoms with van der Waals surface area (Å²) < 4.78 is 1.79. The smallest absolute Gasteiger partial charge is 0.155 e. The summed E-state index contributed by atoms with van der Waals surface area (Å²) in [5, 5.41) is 4.44. The first-order chi connectivity index (χ1) is 7.11. The van der Waals surface area contributed by atoms with Gasteiger partial charge in [-0.05, 0) is 24.4 Å². The van der Waals surface area contributed by atoms with E-state index in [1.165, 1.54) is 0 Å². The van der Waals surface area contributed by atoms with Crippen molar-refractivity contribution in [3.05, 3.63) is 30.2 Å². The summed E-state index contributed by atoms with van der Waals surface area (Å²) in [6.45, 7) is 4.95. The van der Waals surface area contributed by atoms with Crippen molar-refractivity contribution in [1.82, 2.24) is 14.6 Å². The van der Waals surface area contributed by atoms with E-state index in [9.17, 15) is 0 Å². The molecule has 80 valence electrons. The molecule has 0 fully saturated rings. The maximum absolute atomic E-state index is 5.70. The number of hydrogen-bond acceptors (Lipinski definition) is 3. The molecule has 4 heteroatoms. The lowest BCUT2D eigenvalue weighted by molar-refractivity contribution is 0.372. The van der Waals surface area contributed by atoms with Crippen LogP contribution in [0.3, 0.4) is 0 Å². The number of fused-ring (bicyclic) bond motifs is 1. The van der Waals surface area contributed by atoms with Crippen LogP contribution in [0.4, 0.5) is 0 Å². The molecule has 0 saturated carbocycles. The van der Waals surface area contributed by atoms with E-state index in [-0.39, 0.29) is 5.41 Å². The Bertz CT molecular complexity index is 425. The topological polar surface area (TPSA) is 56.2 Å². The highest BCUT2D eigenvalue weighted by Crippen LogP contribution is 2.19. The SMILES string of the molecule is CC(C)(CN)Cc1cc2ncccn2n1. The molecule has 0 radical (unpaired) electrons. The van der Waals surface area contributed by atoms with Crippen molar-refractivity contribution in [2.24, 2.45) is 11.1 Å². The van der Waals surface area contributed by atoms with Gasteiger partial charge in [0.15, 0.2) is 5.65 Å². The molecule has 2 aromatic heterocycles. The van der Waals surface area contributed by atoms with Crippen molar-refractivity contribution in [1.29, 1.82) is 0 Å². The quantitative estimate of drug-likeness (QED) is 0.818. The molecule has 0 atom stereocenters. The summed E-state index contributed by atoms with van der Waals surface area (Å²) in [5.74, 6) is 0. The molecular weight excluding hydrogens is 188 g/mol. The predicted molar refractivity (Wildman–Crippen MR) is 59.5 cm³/mol. The van der Waals surface area contributed by atoms with Gasteiger partial charge in [0.25, 0.3) is 0 Å². The summed E-state index contributed by atoms with van der Waals surface area (Å²) >= 11 is 0. The van der Waals surface area contributed by atoms with Gasteiger partial charge < -0.3 is 5.73 Å². The molecule has 0 aliphatic carbocycles. The van der Waals surface area contributed by atoms with E-state index in [0.717, 1.165) is 17.8 Å². The van der Waals surface area contributed by atoms with Gasteiger partial charge in [-0.1, -0.05) is 13.8 Å². The van der Waals surface area contributed by atoms with Gasteiger partial charge in [-0.2, -0.15) is 5.10 Å². The Kier molecular flexibility index (Phi) is 2.44. The third-order valence-electron chi connectivity index (χ3n) is 2.50. The van der Waals surface area contributed by atoms with Crippen LogP contribution in [0.15, 0.2) is 24.5 Å². The van der Waals surface area contributed by atoms with Crippen LogP contribution in [-0.2, 0) is 6.42 Å². The number of hydrogen-bond donors (Lipinski definition) is 1. The molecule has 0 aliphatic rings. The summed E-state index contributed by atoms with van der Waals surface area (Å²) in [4.78, 5) is 4.23. The van der Waals surface area contributed by atoms with Crippen molar-refractivity contribution < 1.29 is 0 Å². The molecule has 2 N–H and O–H groups in total. The minimum Gasteiger partial charge on any atom is -0.330 e. The second-order valence-electron chi connectivity index (χ2n) is 4.60. The van der Waals surface area contributed by atoms with Gasteiger partial charge >= 0.3 is 0 Å². The fourth-order valence-corrected chi connectivity index (χ4v) is 1.53. The molecule has 0 aromatic carbocycles. The van der Waals surface area contributed by atoms with Crippen molar-refractivity contribution in [2.45, 2.75) is 20.3 Å². The van der Waals surface area contributed by atoms with Gasteiger partial charge in [0.2, 0.25) is 0 Å². The molecule has 2 rings (SSSR count). The van der Waals surface area contributed by atoms with Crippen molar-refractivity contribution in [2.75, 3.05) is 6.54 Å². The second kappa shape index (κ2) is 3.62. The molecule has 4 nitrogen and oxygen atoms in total. The zero-order valence-electron chi connectivity index (χ0n) is 9.14. The first kappa shape index (κ1) is 10.1. The maximum atomic E-state index is 5.70. The fraction of sp³-hybridized carbons (Fsp3) is 0.455. The van der Waals surface area contributed by atoms with Crippen molar-refractivity contribution in [3.8, 4) is 0 Å². The fourth-order valence-electron chi connectivity index (χ4n) is 1.53. The molecule has 0 aliphatic heterocycles. The second-order valence-corrected chi connectivity index (χ2v) is 4.60.